The van der Waals surface area contributed by atoms with Crippen LogP contribution in [0.2, 0.25) is 10.0 Å². The van der Waals surface area contributed by atoms with Crippen molar-refractivity contribution in [1.29, 1.82) is 0 Å². The molecular formula is C62H65Cl2N8O23RaRb. The van der Waals surface area contributed by atoms with Crippen molar-refractivity contribution in [3.63, 3.8) is 0 Å². The second kappa shape index (κ2) is 30.3. The van der Waals surface area contributed by atoms with E-state index in [0.717, 1.165) is 55.5 Å². The van der Waals surface area contributed by atoms with E-state index in [1.54, 1.807) is 13.8 Å². The van der Waals surface area contributed by atoms with Crippen molar-refractivity contribution >= 4 is 119 Å². The zero-order chi connectivity index (χ0) is 70.5. The van der Waals surface area contributed by atoms with Crippen molar-refractivity contribution in [2.24, 2.45) is 5.73 Å². The molecule has 7 amide bonds. The van der Waals surface area contributed by atoms with Crippen molar-refractivity contribution in [1.82, 2.24) is 32.7 Å². The van der Waals surface area contributed by atoms with Gasteiger partial charge in [-0.15, -0.1) is 0 Å². The number of ether oxygens (including phenoxy) is 6. The van der Waals surface area contributed by atoms with Crippen LogP contribution in [0.5, 0.6) is 46.0 Å². The van der Waals surface area contributed by atoms with E-state index in [0.29, 0.717) is 0 Å². The van der Waals surface area contributed by atoms with Crippen molar-refractivity contribution < 1.29 is 156 Å². The number of rotatable bonds is 10. The summed E-state index contributed by atoms with van der Waals surface area (Å²) in [6.07, 6.45) is -17.6. The molecule has 7 heterocycles. The summed E-state index contributed by atoms with van der Waals surface area (Å²) < 4.78 is 41.3. The van der Waals surface area contributed by atoms with Crippen LogP contribution in [0.25, 0.3) is 11.1 Å². The van der Waals surface area contributed by atoms with Gasteiger partial charge in [0.1, 0.15) is 18.2 Å². The van der Waals surface area contributed by atoms with Crippen LogP contribution in [-0.2, 0) is 52.6 Å². The first-order valence-electron chi connectivity index (χ1n) is 30.2. The monoisotopic (exact) mass is 1670 g/mol. The standard InChI is InChI=1S/C62H64Cl2N8O23.Ra.Rb.H/c1-21-35(77)16-28-33(19-73)69-60(89)47-50(81)26-7-10-37(31(64)13-26)92-39-15-27-14-38(53(39)95-61-54(52(83)51(82)40(20-74)93-61)94-42-18-62(4,66)55(84)22(2)90-42)91-36-9-6-25(12-30(36)63)49(80)46(67-23(3)75)59(88)68-32(17-41(65)78)56(85)70-45(27)58(87)71-44(57(86)72-47)24-5-8-34(76)29(11-24)43(28)48(21)79;;;/h5-16,22,32-33,40,42,44-47,49-52,54-55,61,66,74,76-77,79-84H,17-18,20H2,1-4H3,(H2,65,78)(H,67,75)(H,68,88)(H,69,89)(H,70,85)(H,71,87)(H,72,86);;;/q-1;+1;;. The number of primary amides is 1. The molecule has 2 saturated heterocycles. The Hall–Kier alpha value is -5.69. The number of phenolic OH excluding ortho intramolecular Hbond substituents is 3. The topological polar surface area (TPSA) is 484 Å². The summed E-state index contributed by atoms with van der Waals surface area (Å²) in [5.74, 6) is -13.0. The smallest absolute Gasteiger partial charge is 0.386 e. The molecule has 97 heavy (non-hydrogen) atoms. The van der Waals surface area contributed by atoms with Gasteiger partial charge in [0, 0.05) is 6.92 Å². The third kappa shape index (κ3) is 15.5. The van der Waals surface area contributed by atoms with Crippen LogP contribution in [-0.4, -0.2) is 221 Å². The van der Waals surface area contributed by atoms with E-state index >= 15 is 14.4 Å². The van der Waals surface area contributed by atoms with Crippen LogP contribution < -0.4 is 52.7 Å². The Kier molecular flexibility index (Phi) is 23.1. The van der Waals surface area contributed by atoms with Gasteiger partial charge in [0.15, 0.2) is 0 Å². The summed E-state index contributed by atoms with van der Waals surface area (Å²) in [7, 11) is 0. The summed E-state index contributed by atoms with van der Waals surface area (Å²) in [4.78, 5) is 115. The van der Waals surface area contributed by atoms with Gasteiger partial charge in [-0.3, -0.25) is 19.2 Å². The van der Waals surface area contributed by atoms with Gasteiger partial charge in [-0.25, -0.2) is 0 Å². The molecule has 0 saturated carbocycles. The Morgan fingerprint density at radius 2 is 1.33 bits per heavy atom. The molecule has 18 N–H and O–H groups in total. The quantitative estimate of drug-likeness (QED) is 0.0817. The van der Waals surface area contributed by atoms with Gasteiger partial charge in [-0.05, 0) is 17.7 Å². The summed E-state index contributed by atoms with van der Waals surface area (Å²) in [6.45, 7) is 4.70. The molecule has 35 heteroatoms. The number of aliphatic hydroxyl groups excluding tert-OH is 6. The van der Waals surface area contributed by atoms with Crippen LogP contribution in [0.15, 0.2) is 72.8 Å². The van der Waals surface area contributed by atoms with Gasteiger partial charge in [-0.2, -0.15) is 0 Å². The summed E-state index contributed by atoms with van der Waals surface area (Å²) in [5, 5.41) is 118. The number of fused-ring (bicyclic) bond motifs is 15. The first kappa shape index (κ1) is 74.0. The first-order valence-corrected chi connectivity index (χ1v) is 37.6. The van der Waals surface area contributed by atoms with Crippen molar-refractivity contribution in [2.75, 3.05) is 6.61 Å². The number of benzene rings is 5. The van der Waals surface area contributed by atoms with E-state index in [2.05, 4.69) is 32.7 Å². The average molecular weight is 1670 g/mol. The van der Waals surface area contributed by atoms with E-state index in [1.165, 1.54) is 31.2 Å². The van der Waals surface area contributed by atoms with Crippen LogP contribution >= 0.6 is 23.2 Å². The summed E-state index contributed by atoms with van der Waals surface area (Å²) in [6, 6.07) is 1.28. The summed E-state index contributed by atoms with van der Waals surface area (Å²) in [5.41, 5.74) is 2.62. The van der Waals surface area contributed by atoms with E-state index in [9.17, 15) is 69.9 Å². The van der Waals surface area contributed by atoms with Crippen LogP contribution in [0.4, 0.5) is 0 Å². The maximum atomic E-state index is 16.0. The predicted octanol–water partition coefficient (Wildman–Crippen LogP) is -0.762. The molecular weight excluding hydrogens is 1610 g/mol. The molecule has 0 spiro atoms. The molecule has 2 fully saturated rings. The fourth-order valence-corrected chi connectivity index (χ4v) is 15.7. The first-order chi connectivity index (χ1) is 45.8. The number of aliphatic hydroxyl groups is 6. The molecule has 0 aromatic heterocycles. The Balaban J connectivity index is 1.25. The van der Waals surface area contributed by atoms with Gasteiger partial charge in [0.25, 0.3) is 0 Å². The molecule has 17 atom stereocenters. The minimum absolute atomic E-state index is 0.0353. The number of hydrogen-bond acceptors (Lipinski definition) is 24. The number of hydrogen-bond donors (Lipinski definition) is 17. The van der Waals surface area contributed by atoms with Gasteiger partial charge in [0.2, 0.25) is 23.6 Å². The number of nitrogens with two attached hydrogens (primary N) is 1. The Morgan fingerprint density at radius 3 is 1.92 bits per heavy atom. The zero-order valence-electron chi connectivity index (χ0n) is 52.4. The van der Waals surface area contributed by atoms with Crippen molar-refractivity contribution in [2.45, 2.75) is 144 Å². The minimum Gasteiger partial charge on any atom is -0.386 e. The molecule has 5 aromatic carbocycles. The molecule has 31 nitrogen and oxygen atoms in total. The number of carbonyl (C=O) groups is 8. The van der Waals surface area contributed by atoms with E-state index in [-0.39, 0.29) is 66.9 Å². The molecule has 0 radical (unpaired) electrons. The zero-order valence-corrected chi connectivity index (χ0v) is 67.0. The van der Waals surface area contributed by atoms with Crippen LogP contribution in [0.1, 0.15) is 97.3 Å². The number of amides is 7. The molecule has 0 aliphatic carbocycles. The van der Waals surface area contributed by atoms with Crippen molar-refractivity contribution in [3.8, 4) is 57.1 Å². The Bertz CT molecular complexity index is 4010. The third-order valence-electron chi connectivity index (χ3n) is 17.6. The predicted molar refractivity (Wildman–Crippen MR) is 331 cm³/mol. The fraction of sp³-hybridized carbons (Fsp3) is 0.387. The Labute approximate surface area is 629 Å². The molecule has 7 aliphatic heterocycles. The number of halogens is 2. The SMILES string of the molecule is CC(=O)NC1C(=O)NC(CC(N)=O)C(=O)NC2C(=O)NC3C(=O)NC(C(=O)NC([C](=O)[Rb])c4cc(O)c(C)c(O)c4-c4cc3ccc4O)C(O)c3ccc(c(Cl)c3)Oc3cc2cc(c3OC2OC(CO)C(O)C(O)C2OC2CC(C)([NH][RaH])C(O)C(C)O2)Oc2ccc(cc2Cl)C1O. The van der Waals surface area contributed by atoms with Gasteiger partial charge in [0.05, 0.1) is 11.4 Å². The number of carbonyl (C=O) groups excluding carboxylic acids is 8. The molecule has 11 bridgehead atoms. The third-order valence-corrected chi connectivity index (χ3v) is 24.3. The van der Waals surface area contributed by atoms with Gasteiger partial charge < -0.3 is 21.5 Å². The number of aromatic hydroxyl groups is 3. The molecule has 12 rings (SSSR count). The average Bonchev–Trinajstić information content (AvgIpc) is 0.770. The normalized spacial score (nSPS) is 29.8. The summed E-state index contributed by atoms with van der Waals surface area (Å²) >= 11 is 12.7. The maximum absolute atomic E-state index is 16.0. The minimum atomic E-state index is -2.29. The van der Waals surface area contributed by atoms with E-state index in [4.69, 9.17) is 57.4 Å². The molecule has 5 aromatic rings. The van der Waals surface area contributed by atoms with E-state index in [1.807, 2.05) is 0 Å². The molecule has 17 unspecified atom stereocenters. The van der Waals surface area contributed by atoms with Crippen molar-refractivity contribution in [3.05, 3.63) is 116 Å². The van der Waals surface area contributed by atoms with Crippen LogP contribution in [0.3, 0.4) is 0 Å². The number of nitrogens with one attached hydrogen (secondary N) is 7. The van der Waals surface area contributed by atoms with Crippen LogP contribution in [0, 0.1) is 50.1 Å². The second-order valence-corrected chi connectivity index (χ2v) is 29.6. The number of phenols is 3. The van der Waals surface area contributed by atoms with Gasteiger partial charge >= 0.3 is 501 Å². The molecule has 508 valence electrons. The second-order valence-electron chi connectivity index (χ2n) is 24.3. The van der Waals surface area contributed by atoms with Gasteiger partial charge in [-0.1, -0.05) is 17.7 Å². The van der Waals surface area contributed by atoms with E-state index < -0.39 is 295 Å². The molecule has 7 aliphatic rings. The fourth-order valence-electron chi connectivity index (χ4n) is 12.1. The Morgan fingerprint density at radius 1 is 0.732 bits per heavy atom.